The molecule has 2 heterocycles. The quantitative estimate of drug-likeness (QED) is 0.814. The number of carbonyl (C=O) groups excluding carboxylic acids is 1. The van der Waals surface area contributed by atoms with Crippen LogP contribution in [0.3, 0.4) is 0 Å². The maximum atomic E-state index is 12.0. The van der Waals surface area contributed by atoms with Crippen molar-refractivity contribution in [2.45, 2.75) is 24.7 Å². The van der Waals surface area contributed by atoms with E-state index in [1.807, 2.05) is 0 Å². The van der Waals surface area contributed by atoms with Crippen molar-refractivity contribution in [2.75, 3.05) is 13.1 Å². The summed E-state index contributed by atoms with van der Waals surface area (Å²) in [5.41, 5.74) is 0.168. The molecule has 0 aromatic carbocycles. The van der Waals surface area contributed by atoms with Gasteiger partial charge in [0.05, 0.1) is 5.69 Å². The number of aromatic nitrogens is 2. The van der Waals surface area contributed by atoms with Crippen LogP contribution < -0.4 is 0 Å². The van der Waals surface area contributed by atoms with Crippen LogP contribution in [0.1, 0.15) is 29.0 Å². The number of likely N-dealkylation sites (tertiary alicyclic amines) is 1. The van der Waals surface area contributed by atoms with Crippen molar-refractivity contribution < 1.29 is 13.2 Å². The van der Waals surface area contributed by atoms with E-state index in [2.05, 4.69) is 10.2 Å². The molecule has 1 aromatic heterocycles. The first-order chi connectivity index (χ1) is 7.91. The minimum absolute atomic E-state index is 0.112. The number of aromatic amines is 1. The normalized spacial score (nSPS) is 16.5. The first kappa shape index (κ1) is 12.4. The fourth-order valence-corrected chi connectivity index (χ4v) is 3.27. The summed E-state index contributed by atoms with van der Waals surface area (Å²) in [4.78, 5) is 13.4. The highest BCUT2D eigenvalue weighted by molar-refractivity contribution is 8.13. The molecule has 0 saturated carbocycles. The fraction of sp³-hybridized carbons (Fsp3) is 0.556. The van der Waals surface area contributed by atoms with Gasteiger partial charge in [-0.15, -0.1) is 0 Å². The van der Waals surface area contributed by atoms with Gasteiger partial charge < -0.3 is 4.90 Å². The van der Waals surface area contributed by atoms with E-state index >= 15 is 0 Å². The van der Waals surface area contributed by atoms with E-state index in [1.54, 1.807) is 4.90 Å². The van der Waals surface area contributed by atoms with Crippen molar-refractivity contribution in [2.24, 2.45) is 0 Å². The van der Waals surface area contributed by atoms with Crippen LogP contribution >= 0.6 is 10.7 Å². The third-order valence-electron chi connectivity index (χ3n) is 2.73. The lowest BCUT2D eigenvalue weighted by Gasteiger charge is -2.13. The Labute approximate surface area is 103 Å². The Morgan fingerprint density at radius 3 is 2.53 bits per heavy atom. The van der Waals surface area contributed by atoms with Gasteiger partial charge in [-0.05, 0) is 19.8 Å². The largest absolute Gasteiger partial charge is 0.337 e. The Morgan fingerprint density at radius 2 is 2.00 bits per heavy atom. The molecule has 0 atom stereocenters. The van der Waals surface area contributed by atoms with Crippen molar-refractivity contribution >= 4 is 25.6 Å². The van der Waals surface area contributed by atoms with Gasteiger partial charge in [-0.25, -0.2) is 8.42 Å². The number of H-pyrrole nitrogens is 1. The summed E-state index contributed by atoms with van der Waals surface area (Å²) in [7, 11) is 1.34. The molecule has 8 heteroatoms. The minimum Gasteiger partial charge on any atom is -0.337 e. The predicted octanol–water partition coefficient (Wildman–Crippen LogP) is 0.882. The zero-order valence-electron chi connectivity index (χ0n) is 9.23. The average Bonchev–Trinajstić information content (AvgIpc) is 2.83. The molecule has 1 N–H and O–H groups in total. The topological polar surface area (TPSA) is 83.1 Å². The van der Waals surface area contributed by atoms with Gasteiger partial charge in [-0.3, -0.25) is 9.89 Å². The van der Waals surface area contributed by atoms with E-state index in [0.29, 0.717) is 13.1 Å². The molecule has 0 radical (unpaired) electrons. The second-order valence-electron chi connectivity index (χ2n) is 3.96. The van der Waals surface area contributed by atoms with Crippen LogP contribution in [0.2, 0.25) is 0 Å². The molecule has 1 aliphatic rings. The minimum atomic E-state index is -3.96. The fourth-order valence-electron chi connectivity index (χ4n) is 1.93. The van der Waals surface area contributed by atoms with Gasteiger partial charge >= 0.3 is 0 Å². The van der Waals surface area contributed by atoms with Crippen LogP contribution in [0.5, 0.6) is 0 Å². The summed E-state index contributed by atoms with van der Waals surface area (Å²) in [6, 6.07) is 0. The Bertz CT molecular complexity index is 546. The van der Waals surface area contributed by atoms with E-state index in [-0.39, 0.29) is 22.2 Å². The zero-order chi connectivity index (χ0) is 12.6. The summed E-state index contributed by atoms with van der Waals surface area (Å²) in [5.74, 6) is -0.383. The molecule has 1 fully saturated rings. The summed E-state index contributed by atoms with van der Waals surface area (Å²) in [6.07, 6.45) is 1.86. The Hall–Kier alpha value is -1.08. The highest BCUT2D eigenvalue weighted by Crippen LogP contribution is 2.24. The second kappa shape index (κ2) is 4.30. The maximum absolute atomic E-state index is 12.0. The Kier molecular flexibility index (Phi) is 3.13. The van der Waals surface area contributed by atoms with E-state index in [1.165, 1.54) is 6.92 Å². The molecule has 6 nitrogen and oxygen atoms in total. The molecule has 0 spiro atoms. The Balaban J connectivity index is 2.42. The molecule has 0 aliphatic carbocycles. The van der Waals surface area contributed by atoms with Crippen LogP contribution in [-0.4, -0.2) is 42.5 Å². The van der Waals surface area contributed by atoms with E-state index in [9.17, 15) is 13.2 Å². The third kappa shape index (κ3) is 2.30. The predicted molar refractivity (Wildman–Crippen MR) is 61.5 cm³/mol. The molecule has 1 aliphatic heterocycles. The van der Waals surface area contributed by atoms with Gasteiger partial charge in [0.2, 0.25) is 0 Å². The van der Waals surface area contributed by atoms with Crippen LogP contribution in [0, 0.1) is 6.92 Å². The molecule has 0 unspecified atom stereocenters. The van der Waals surface area contributed by atoms with Crippen LogP contribution in [0.15, 0.2) is 4.90 Å². The van der Waals surface area contributed by atoms with Gasteiger partial charge in [0, 0.05) is 23.8 Å². The number of hydrogen-bond acceptors (Lipinski definition) is 4. The van der Waals surface area contributed by atoms with Crippen molar-refractivity contribution in [3.8, 4) is 0 Å². The van der Waals surface area contributed by atoms with Crippen molar-refractivity contribution in [1.82, 2.24) is 15.1 Å². The zero-order valence-corrected chi connectivity index (χ0v) is 10.8. The molecule has 1 amide bonds. The van der Waals surface area contributed by atoms with Crippen molar-refractivity contribution in [3.63, 3.8) is 0 Å². The van der Waals surface area contributed by atoms with Gasteiger partial charge in [-0.2, -0.15) is 5.10 Å². The number of halogens is 1. The first-order valence-corrected chi connectivity index (χ1v) is 7.51. The number of hydrogen-bond donors (Lipinski definition) is 1. The molecular weight excluding hydrogens is 266 g/mol. The monoisotopic (exact) mass is 277 g/mol. The highest BCUT2D eigenvalue weighted by atomic mass is 35.7. The standard InChI is InChI=1S/C9H12ClN3O3S/c1-6-8(17(10,15)16)7(12-11-6)9(14)13-4-2-3-5-13/h2-5H2,1H3,(H,11,12). The third-order valence-corrected chi connectivity index (χ3v) is 4.18. The number of nitrogens with zero attached hydrogens (tertiary/aromatic N) is 2. The molecular formula is C9H12ClN3O3S. The second-order valence-corrected chi connectivity index (χ2v) is 6.47. The van der Waals surface area contributed by atoms with E-state index < -0.39 is 9.05 Å². The highest BCUT2D eigenvalue weighted by Gasteiger charge is 2.30. The van der Waals surface area contributed by atoms with Crippen molar-refractivity contribution in [1.29, 1.82) is 0 Å². The molecule has 1 aromatic rings. The summed E-state index contributed by atoms with van der Waals surface area (Å²) in [5, 5.41) is 6.23. The summed E-state index contributed by atoms with van der Waals surface area (Å²) in [6.45, 7) is 2.78. The molecule has 94 valence electrons. The number of aryl methyl sites for hydroxylation is 1. The number of carbonyl (C=O) groups is 1. The van der Waals surface area contributed by atoms with Gasteiger partial charge in [0.25, 0.3) is 15.0 Å². The first-order valence-electron chi connectivity index (χ1n) is 5.20. The number of rotatable bonds is 2. The van der Waals surface area contributed by atoms with E-state index in [4.69, 9.17) is 10.7 Å². The average molecular weight is 278 g/mol. The van der Waals surface area contributed by atoms with Crippen LogP contribution in [0.25, 0.3) is 0 Å². The van der Waals surface area contributed by atoms with Crippen LogP contribution in [-0.2, 0) is 9.05 Å². The summed E-state index contributed by atoms with van der Waals surface area (Å²) >= 11 is 0. The SMILES string of the molecule is Cc1[nH]nc(C(=O)N2CCCC2)c1S(=O)(=O)Cl. The lowest BCUT2D eigenvalue weighted by atomic mass is 10.3. The molecule has 1 saturated heterocycles. The maximum Gasteiger partial charge on any atom is 0.275 e. The summed E-state index contributed by atoms with van der Waals surface area (Å²) < 4.78 is 22.8. The number of nitrogens with one attached hydrogen (secondary N) is 1. The molecule has 0 bridgehead atoms. The van der Waals surface area contributed by atoms with Gasteiger partial charge in [0.15, 0.2) is 5.69 Å². The smallest absolute Gasteiger partial charge is 0.275 e. The van der Waals surface area contributed by atoms with Crippen molar-refractivity contribution in [3.05, 3.63) is 11.4 Å². The van der Waals surface area contributed by atoms with Gasteiger partial charge in [0.1, 0.15) is 4.90 Å². The number of amides is 1. The lowest BCUT2D eigenvalue weighted by molar-refractivity contribution is 0.0783. The molecule has 17 heavy (non-hydrogen) atoms. The molecule has 2 rings (SSSR count). The lowest BCUT2D eigenvalue weighted by Crippen LogP contribution is -2.28. The van der Waals surface area contributed by atoms with E-state index in [0.717, 1.165) is 12.8 Å². The van der Waals surface area contributed by atoms with Gasteiger partial charge in [-0.1, -0.05) is 0 Å². The Morgan fingerprint density at radius 1 is 1.41 bits per heavy atom. The van der Waals surface area contributed by atoms with Crippen LogP contribution in [0.4, 0.5) is 0 Å².